The van der Waals surface area contributed by atoms with Gasteiger partial charge in [-0.25, -0.2) is 0 Å². The molecule has 1 saturated heterocycles. The molecule has 0 radical (unpaired) electrons. The molecule has 2 unspecified atom stereocenters. The lowest BCUT2D eigenvalue weighted by atomic mass is 10.1. The van der Waals surface area contributed by atoms with E-state index >= 15 is 0 Å². The van der Waals surface area contributed by atoms with E-state index in [4.69, 9.17) is 4.52 Å². The van der Waals surface area contributed by atoms with Crippen LogP contribution in [0.15, 0.2) is 28.8 Å². The second kappa shape index (κ2) is 5.22. The summed E-state index contributed by atoms with van der Waals surface area (Å²) in [5.41, 5.74) is 0.658. The van der Waals surface area contributed by atoms with Crippen LogP contribution in [0.25, 0.3) is 11.4 Å². The number of benzene rings is 1. The largest absolute Gasteiger partial charge is 0.391 e. The van der Waals surface area contributed by atoms with Crippen molar-refractivity contribution < 1.29 is 14.6 Å². The molecule has 1 aromatic heterocycles. The Morgan fingerprint density at radius 3 is 2.70 bits per heavy atom. The monoisotopic (exact) mass is 293 g/mol. The number of aromatic nitrogens is 2. The Morgan fingerprint density at radius 2 is 2.10 bits per heavy atom. The molecule has 20 heavy (non-hydrogen) atoms. The van der Waals surface area contributed by atoms with Crippen molar-refractivity contribution in [2.75, 3.05) is 11.5 Å². The zero-order valence-corrected chi connectivity index (χ0v) is 11.1. The third kappa shape index (κ3) is 2.39. The van der Waals surface area contributed by atoms with Crippen LogP contribution in [-0.2, 0) is 0 Å². The molecule has 0 bridgehead atoms. The second-order valence-corrected chi connectivity index (χ2v) is 5.55. The van der Waals surface area contributed by atoms with Crippen LogP contribution in [0.1, 0.15) is 11.8 Å². The van der Waals surface area contributed by atoms with Crippen molar-refractivity contribution in [3.63, 3.8) is 0 Å². The van der Waals surface area contributed by atoms with Crippen molar-refractivity contribution in [3.05, 3.63) is 40.3 Å². The minimum Gasteiger partial charge on any atom is -0.391 e. The van der Waals surface area contributed by atoms with Gasteiger partial charge in [0.25, 0.3) is 5.69 Å². The van der Waals surface area contributed by atoms with Crippen LogP contribution in [0.3, 0.4) is 0 Å². The van der Waals surface area contributed by atoms with Crippen molar-refractivity contribution >= 4 is 17.4 Å². The number of rotatable bonds is 3. The van der Waals surface area contributed by atoms with Gasteiger partial charge in [0.2, 0.25) is 11.7 Å². The van der Waals surface area contributed by atoms with Gasteiger partial charge in [-0.05, 0) is 12.1 Å². The molecular formula is C12H11N3O4S. The molecule has 0 aliphatic carbocycles. The molecule has 1 N–H and O–H groups in total. The molecule has 1 aliphatic rings. The van der Waals surface area contributed by atoms with E-state index in [2.05, 4.69) is 10.1 Å². The van der Waals surface area contributed by atoms with Gasteiger partial charge in [-0.3, -0.25) is 10.1 Å². The van der Waals surface area contributed by atoms with E-state index in [0.717, 1.165) is 5.75 Å². The summed E-state index contributed by atoms with van der Waals surface area (Å²) < 4.78 is 5.18. The van der Waals surface area contributed by atoms with Crippen molar-refractivity contribution in [1.82, 2.24) is 10.1 Å². The van der Waals surface area contributed by atoms with Gasteiger partial charge >= 0.3 is 0 Å². The molecule has 1 aliphatic heterocycles. The van der Waals surface area contributed by atoms with E-state index in [0.29, 0.717) is 23.0 Å². The highest BCUT2D eigenvalue weighted by molar-refractivity contribution is 7.99. The van der Waals surface area contributed by atoms with Crippen LogP contribution < -0.4 is 0 Å². The summed E-state index contributed by atoms with van der Waals surface area (Å²) in [5.74, 6) is 2.07. The Hall–Kier alpha value is -1.93. The van der Waals surface area contributed by atoms with Crippen LogP contribution in [0.5, 0.6) is 0 Å². The number of non-ortho nitro benzene ring substituents is 1. The average molecular weight is 293 g/mol. The summed E-state index contributed by atoms with van der Waals surface area (Å²) in [6, 6.07) is 5.94. The molecule has 0 spiro atoms. The molecule has 0 amide bonds. The highest BCUT2D eigenvalue weighted by Gasteiger charge is 2.32. The first kappa shape index (κ1) is 13.1. The molecule has 1 aromatic carbocycles. The Morgan fingerprint density at radius 1 is 1.35 bits per heavy atom. The van der Waals surface area contributed by atoms with E-state index < -0.39 is 11.0 Å². The van der Waals surface area contributed by atoms with Gasteiger partial charge in [0, 0.05) is 29.2 Å². The number of hydrogen-bond donors (Lipinski definition) is 1. The fourth-order valence-electron chi connectivity index (χ4n) is 2.01. The smallest absolute Gasteiger partial charge is 0.269 e. The molecule has 2 aromatic rings. The summed E-state index contributed by atoms with van der Waals surface area (Å²) in [7, 11) is 0. The Labute approximate surface area is 118 Å². The lowest BCUT2D eigenvalue weighted by Crippen LogP contribution is -2.15. The minimum absolute atomic E-state index is 0.0140. The van der Waals surface area contributed by atoms with Gasteiger partial charge in [0.1, 0.15) is 0 Å². The van der Waals surface area contributed by atoms with E-state index in [-0.39, 0.29) is 11.6 Å². The van der Waals surface area contributed by atoms with Crippen LogP contribution in [0.2, 0.25) is 0 Å². The van der Waals surface area contributed by atoms with E-state index in [9.17, 15) is 15.2 Å². The number of aliphatic hydroxyl groups excluding tert-OH is 1. The maximum Gasteiger partial charge on any atom is 0.269 e. The second-order valence-electron chi connectivity index (χ2n) is 4.47. The summed E-state index contributed by atoms with van der Waals surface area (Å²) in [6.07, 6.45) is -0.467. The van der Waals surface area contributed by atoms with Gasteiger partial charge in [-0.1, -0.05) is 5.16 Å². The number of nitrogens with zero attached hydrogens (tertiary/aromatic N) is 3. The van der Waals surface area contributed by atoms with Gasteiger partial charge in [-0.15, -0.1) is 0 Å². The molecule has 7 nitrogen and oxygen atoms in total. The number of nitro benzene ring substituents is 1. The lowest BCUT2D eigenvalue weighted by molar-refractivity contribution is -0.384. The molecule has 1 fully saturated rings. The number of nitro groups is 1. The number of thioether (sulfide) groups is 1. The fraction of sp³-hybridized carbons (Fsp3) is 0.333. The zero-order chi connectivity index (χ0) is 14.1. The first-order valence-corrected chi connectivity index (χ1v) is 7.15. The Balaban J connectivity index is 1.84. The Bertz CT molecular complexity index is 628. The maximum absolute atomic E-state index is 10.6. The van der Waals surface area contributed by atoms with Crippen molar-refractivity contribution in [2.45, 2.75) is 12.0 Å². The highest BCUT2D eigenvalue weighted by Crippen LogP contribution is 2.32. The van der Waals surface area contributed by atoms with Gasteiger partial charge < -0.3 is 9.63 Å². The van der Waals surface area contributed by atoms with E-state index in [1.165, 1.54) is 12.1 Å². The predicted octanol–water partition coefficient (Wildman–Crippen LogP) is 1.84. The van der Waals surface area contributed by atoms with Crippen LogP contribution in [-0.4, -0.2) is 37.8 Å². The van der Waals surface area contributed by atoms with Gasteiger partial charge in [-0.2, -0.15) is 16.7 Å². The molecule has 0 saturated carbocycles. The van der Waals surface area contributed by atoms with Gasteiger partial charge in [0.15, 0.2) is 0 Å². The van der Waals surface area contributed by atoms with Crippen molar-refractivity contribution in [2.24, 2.45) is 0 Å². The molecule has 3 rings (SSSR count). The normalized spacial score (nSPS) is 22.1. The average Bonchev–Trinajstić information content (AvgIpc) is 3.07. The quantitative estimate of drug-likeness (QED) is 0.680. The third-order valence-corrected chi connectivity index (χ3v) is 4.32. The number of hydrogen-bond acceptors (Lipinski definition) is 7. The third-order valence-electron chi connectivity index (χ3n) is 3.15. The first-order valence-electron chi connectivity index (χ1n) is 5.99. The first-order chi connectivity index (χ1) is 9.65. The lowest BCUT2D eigenvalue weighted by Gasteiger charge is -2.06. The summed E-state index contributed by atoms with van der Waals surface area (Å²) >= 11 is 1.64. The van der Waals surface area contributed by atoms with Gasteiger partial charge in [0.05, 0.1) is 16.9 Å². The van der Waals surface area contributed by atoms with Crippen LogP contribution in [0, 0.1) is 10.1 Å². The Kier molecular flexibility index (Phi) is 3.41. The fourth-order valence-corrected chi connectivity index (χ4v) is 3.24. The van der Waals surface area contributed by atoms with E-state index in [1.54, 1.807) is 23.9 Å². The standard InChI is InChI=1S/C12H11N3O4S/c16-10-6-20-5-9(10)12-13-11(14-19-12)7-1-3-8(4-2-7)15(17)18/h1-4,9-10,16H,5-6H2. The minimum atomic E-state index is -0.467. The van der Waals surface area contributed by atoms with Crippen molar-refractivity contribution in [1.29, 1.82) is 0 Å². The number of aliphatic hydroxyl groups is 1. The summed E-state index contributed by atoms with van der Waals surface area (Å²) in [6.45, 7) is 0. The highest BCUT2D eigenvalue weighted by atomic mass is 32.2. The van der Waals surface area contributed by atoms with Crippen LogP contribution in [0.4, 0.5) is 5.69 Å². The SMILES string of the molecule is O=[N+]([O-])c1ccc(-c2noc(C3CSCC3O)n2)cc1. The molecule has 8 heteroatoms. The zero-order valence-electron chi connectivity index (χ0n) is 10.3. The predicted molar refractivity (Wildman–Crippen MR) is 72.5 cm³/mol. The maximum atomic E-state index is 10.6. The molecule has 2 atom stereocenters. The topological polar surface area (TPSA) is 102 Å². The summed E-state index contributed by atoms with van der Waals surface area (Å²) in [5, 5.41) is 24.2. The molecule has 2 heterocycles. The summed E-state index contributed by atoms with van der Waals surface area (Å²) in [4.78, 5) is 14.4. The molecular weight excluding hydrogens is 282 g/mol. The van der Waals surface area contributed by atoms with Crippen molar-refractivity contribution in [3.8, 4) is 11.4 Å². The molecule has 104 valence electrons. The van der Waals surface area contributed by atoms with Crippen LogP contribution >= 0.6 is 11.8 Å². The van der Waals surface area contributed by atoms with E-state index in [1.807, 2.05) is 0 Å².